The van der Waals surface area contributed by atoms with E-state index in [-0.39, 0.29) is 17.6 Å². The van der Waals surface area contributed by atoms with Gasteiger partial charge in [-0.3, -0.25) is 4.79 Å². The van der Waals surface area contributed by atoms with Crippen LogP contribution in [-0.4, -0.2) is 43.5 Å². The van der Waals surface area contributed by atoms with E-state index < -0.39 is 0 Å². The monoisotopic (exact) mass is 337 g/mol. The first kappa shape index (κ1) is 14.2. The van der Waals surface area contributed by atoms with Crippen LogP contribution < -0.4 is 10.9 Å². The molecule has 9 heteroatoms. The molecule has 0 spiro atoms. The minimum atomic E-state index is -0.117. The first-order chi connectivity index (χ1) is 10.8. The Balaban J connectivity index is 1.64. The highest BCUT2D eigenvalue weighted by Gasteiger charge is 2.32. The number of aryl methyl sites for hydroxylation is 1. The largest absolute Gasteiger partial charge is 0.377 e. The SMILES string of the molecule is O=c1cc2c(nn1C1COCC1Nc1cnsn1)CCSC2. The summed E-state index contributed by atoms with van der Waals surface area (Å²) in [5.74, 6) is 2.66. The zero-order chi connectivity index (χ0) is 14.9. The molecule has 0 aliphatic carbocycles. The summed E-state index contributed by atoms with van der Waals surface area (Å²) in [6.07, 6.45) is 2.60. The van der Waals surface area contributed by atoms with Gasteiger partial charge in [-0.2, -0.15) is 25.6 Å². The highest BCUT2D eigenvalue weighted by atomic mass is 32.2. The molecule has 22 heavy (non-hydrogen) atoms. The Kier molecular flexibility index (Phi) is 3.85. The molecule has 0 amide bonds. The van der Waals surface area contributed by atoms with Crippen LogP contribution in [0, 0.1) is 0 Å². The third-order valence-electron chi connectivity index (χ3n) is 3.92. The molecule has 2 atom stereocenters. The fourth-order valence-electron chi connectivity index (χ4n) is 2.81. The van der Waals surface area contributed by atoms with Gasteiger partial charge in [0.15, 0.2) is 5.82 Å². The summed E-state index contributed by atoms with van der Waals surface area (Å²) in [7, 11) is 0. The summed E-state index contributed by atoms with van der Waals surface area (Å²) in [6, 6.07) is 1.59. The zero-order valence-corrected chi connectivity index (χ0v) is 13.4. The molecule has 2 aliphatic rings. The van der Waals surface area contributed by atoms with E-state index in [0.29, 0.717) is 19.0 Å². The molecule has 0 radical (unpaired) electrons. The predicted octanol–water partition coefficient (Wildman–Crippen LogP) is 0.936. The molecule has 0 aromatic carbocycles. The lowest BCUT2D eigenvalue weighted by Crippen LogP contribution is -2.38. The predicted molar refractivity (Wildman–Crippen MR) is 85.5 cm³/mol. The quantitative estimate of drug-likeness (QED) is 0.892. The molecule has 7 nitrogen and oxygen atoms in total. The molecule has 0 saturated carbocycles. The number of fused-ring (bicyclic) bond motifs is 1. The number of thioether (sulfide) groups is 1. The van der Waals surface area contributed by atoms with E-state index in [0.717, 1.165) is 40.9 Å². The summed E-state index contributed by atoms with van der Waals surface area (Å²) >= 11 is 3.00. The van der Waals surface area contributed by atoms with Crippen molar-refractivity contribution >= 4 is 29.3 Å². The topological polar surface area (TPSA) is 81.9 Å². The lowest BCUT2D eigenvalue weighted by molar-refractivity contribution is 0.182. The van der Waals surface area contributed by atoms with Crippen molar-refractivity contribution in [2.24, 2.45) is 0 Å². The van der Waals surface area contributed by atoms with E-state index >= 15 is 0 Å². The van der Waals surface area contributed by atoms with Crippen molar-refractivity contribution in [1.82, 2.24) is 18.5 Å². The number of nitrogens with zero attached hydrogens (tertiary/aromatic N) is 4. The number of hydrogen-bond acceptors (Lipinski definition) is 8. The Morgan fingerprint density at radius 2 is 2.36 bits per heavy atom. The van der Waals surface area contributed by atoms with Crippen molar-refractivity contribution in [1.29, 1.82) is 0 Å². The van der Waals surface area contributed by atoms with Crippen LogP contribution in [0.1, 0.15) is 17.3 Å². The molecule has 4 rings (SSSR count). The molecule has 2 aromatic heterocycles. The summed E-state index contributed by atoms with van der Waals surface area (Å²) in [6.45, 7) is 1.01. The van der Waals surface area contributed by atoms with Crippen LogP contribution in [-0.2, 0) is 16.9 Å². The van der Waals surface area contributed by atoms with Crippen LogP contribution in [0.2, 0.25) is 0 Å². The Bertz CT molecular complexity index is 718. The van der Waals surface area contributed by atoms with Crippen molar-refractivity contribution in [2.75, 3.05) is 24.3 Å². The fraction of sp³-hybridized carbons (Fsp3) is 0.538. The Labute approximate surface area is 135 Å². The molecule has 1 N–H and O–H groups in total. The molecule has 2 aromatic rings. The summed E-state index contributed by atoms with van der Waals surface area (Å²) < 4.78 is 15.3. The standard InChI is InChI=1S/C13H15N5O2S2/c19-13-3-8-7-21-2-1-9(8)16-18(13)11-6-20-5-10(11)15-12-4-14-22-17-12/h3-4,10-11H,1-2,5-7H2,(H,15,17). The van der Waals surface area contributed by atoms with Crippen molar-refractivity contribution in [3.63, 3.8) is 0 Å². The van der Waals surface area contributed by atoms with E-state index in [2.05, 4.69) is 19.2 Å². The molecule has 2 unspecified atom stereocenters. The van der Waals surface area contributed by atoms with Crippen LogP contribution in [0.15, 0.2) is 17.1 Å². The maximum absolute atomic E-state index is 12.4. The minimum absolute atomic E-state index is 0.0230. The van der Waals surface area contributed by atoms with E-state index in [1.807, 2.05) is 11.8 Å². The van der Waals surface area contributed by atoms with Crippen LogP contribution in [0.4, 0.5) is 5.82 Å². The molecule has 116 valence electrons. The smallest absolute Gasteiger partial charge is 0.267 e. The van der Waals surface area contributed by atoms with Gasteiger partial charge in [0.2, 0.25) is 0 Å². The van der Waals surface area contributed by atoms with Gasteiger partial charge < -0.3 is 10.1 Å². The van der Waals surface area contributed by atoms with Gasteiger partial charge >= 0.3 is 0 Å². The van der Waals surface area contributed by atoms with Crippen LogP contribution in [0.25, 0.3) is 0 Å². The van der Waals surface area contributed by atoms with E-state index in [1.165, 1.54) is 0 Å². The molecule has 4 heterocycles. The molecular weight excluding hydrogens is 322 g/mol. The Morgan fingerprint density at radius 3 is 3.23 bits per heavy atom. The zero-order valence-electron chi connectivity index (χ0n) is 11.8. The summed E-state index contributed by atoms with van der Waals surface area (Å²) in [5, 5.41) is 7.90. The second kappa shape index (κ2) is 5.98. The lowest BCUT2D eigenvalue weighted by atomic mass is 10.1. The van der Waals surface area contributed by atoms with Gasteiger partial charge in [-0.15, -0.1) is 0 Å². The third-order valence-corrected chi connectivity index (χ3v) is 5.41. The number of nitrogens with one attached hydrogen (secondary N) is 1. The van der Waals surface area contributed by atoms with Gasteiger partial charge in [-0.05, 0) is 11.3 Å². The van der Waals surface area contributed by atoms with Gasteiger partial charge in [-0.25, -0.2) is 4.68 Å². The lowest BCUT2D eigenvalue weighted by Gasteiger charge is -2.22. The first-order valence-corrected chi connectivity index (χ1v) is 9.01. The number of anilines is 1. The van der Waals surface area contributed by atoms with Crippen LogP contribution in [0.3, 0.4) is 0 Å². The Morgan fingerprint density at radius 1 is 1.41 bits per heavy atom. The maximum Gasteiger partial charge on any atom is 0.267 e. The van der Waals surface area contributed by atoms with Crippen molar-refractivity contribution in [3.8, 4) is 0 Å². The number of rotatable bonds is 3. The number of ether oxygens (including phenoxy) is 1. The number of aromatic nitrogens is 4. The highest BCUT2D eigenvalue weighted by Crippen LogP contribution is 2.24. The maximum atomic E-state index is 12.4. The van der Waals surface area contributed by atoms with Gasteiger partial charge in [0.05, 0.1) is 42.9 Å². The number of hydrogen-bond donors (Lipinski definition) is 1. The Hall–Kier alpha value is -1.45. The molecular formula is C13H15N5O2S2. The van der Waals surface area contributed by atoms with E-state index in [9.17, 15) is 4.79 Å². The summed E-state index contributed by atoms with van der Waals surface area (Å²) in [4.78, 5) is 12.4. The van der Waals surface area contributed by atoms with Crippen molar-refractivity contribution in [2.45, 2.75) is 24.3 Å². The average Bonchev–Trinajstić information content (AvgIpc) is 3.19. The van der Waals surface area contributed by atoms with Gasteiger partial charge in [0, 0.05) is 18.2 Å². The minimum Gasteiger partial charge on any atom is -0.377 e. The molecule has 1 fully saturated rings. The fourth-order valence-corrected chi connectivity index (χ4v) is 4.14. The van der Waals surface area contributed by atoms with E-state index in [4.69, 9.17) is 4.74 Å². The van der Waals surface area contributed by atoms with Crippen molar-refractivity contribution < 1.29 is 4.74 Å². The summed E-state index contributed by atoms with van der Waals surface area (Å²) in [5.41, 5.74) is 2.06. The molecule has 1 saturated heterocycles. The first-order valence-electron chi connectivity index (χ1n) is 7.12. The van der Waals surface area contributed by atoms with Crippen molar-refractivity contribution in [3.05, 3.63) is 33.9 Å². The third kappa shape index (κ3) is 2.64. The van der Waals surface area contributed by atoms with Gasteiger partial charge in [0.1, 0.15) is 6.04 Å². The van der Waals surface area contributed by atoms with Gasteiger partial charge in [-0.1, -0.05) is 0 Å². The molecule has 2 aliphatic heterocycles. The van der Waals surface area contributed by atoms with Crippen LogP contribution in [0.5, 0.6) is 0 Å². The highest BCUT2D eigenvalue weighted by molar-refractivity contribution is 7.98. The van der Waals surface area contributed by atoms with Crippen LogP contribution >= 0.6 is 23.5 Å². The normalized spacial score (nSPS) is 24.2. The second-order valence-corrected chi connectivity index (χ2v) is 7.01. The second-order valence-electron chi connectivity index (χ2n) is 5.35. The van der Waals surface area contributed by atoms with E-state index in [1.54, 1.807) is 16.9 Å². The molecule has 0 bridgehead atoms. The average molecular weight is 337 g/mol. The van der Waals surface area contributed by atoms with Gasteiger partial charge in [0.25, 0.3) is 5.56 Å².